The Balaban J connectivity index is 1.44. The van der Waals surface area contributed by atoms with Crippen molar-refractivity contribution in [1.29, 1.82) is 0 Å². The highest BCUT2D eigenvalue weighted by molar-refractivity contribution is 6.23. The van der Waals surface area contributed by atoms with Crippen LogP contribution in [0.2, 0.25) is 0 Å². The molecule has 3 unspecified atom stereocenters. The lowest BCUT2D eigenvalue weighted by Gasteiger charge is -2.46. The third-order valence-corrected chi connectivity index (χ3v) is 12.0. The van der Waals surface area contributed by atoms with Crippen molar-refractivity contribution < 1.29 is 0 Å². The van der Waals surface area contributed by atoms with E-state index in [0.29, 0.717) is 11.8 Å². The molecule has 1 heteroatoms. The summed E-state index contributed by atoms with van der Waals surface area (Å²) in [7, 11) is 0. The van der Waals surface area contributed by atoms with Crippen molar-refractivity contribution in [2.75, 3.05) is 0 Å². The largest absolute Gasteiger partial charge is 0.333 e. The van der Waals surface area contributed by atoms with Crippen LogP contribution in [0.4, 0.5) is 0 Å². The Hall–Kier alpha value is -4.36. The summed E-state index contributed by atoms with van der Waals surface area (Å²) < 4.78 is 2.75. The van der Waals surface area contributed by atoms with Gasteiger partial charge in [-0.3, -0.25) is 0 Å². The first-order chi connectivity index (χ1) is 21.8. The molecule has 5 aromatic carbocycles. The van der Waals surface area contributed by atoms with Crippen LogP contribution in [0.25, 0.3) is 54.5 Å². The normalized spacial score (nSPS) is 23.1. The summed E-state index contributed by atoms with van der Waals surface area (Å²) in [6.07, 6.45) is 14.6. The van der Waals surface area contributed by atoms with Crippen LogP contribution >= 0.6 is 0 Å². The summed E-state index contributed by atoms with van der Waals surface area (Å²) in [6.45, 7) is 12.3. The van der Waals surface area contributed by atoms with E-state index in [1.807, 2.05) is 0 Å². The number of benzene rings is 5. The molecule has 0 fully saturated rings. The molecule has 0 saturated carbocycles. The van der Waals surface area contributed by atoms with E-state index in [-0.39, 0.29) is 16.9 Å². The lowest BCUT2D eigenvalue weighted by atomic mass is 9.61. The number of fused-ring (bicyclic) bond motifs is 7. The molecule has 3 aliphatic rings. The van der Waals surface area contributed by atoms with Crippen LogP contribution in [0.1, 0.15) is 64.6 Å². The molecular formula is C44H41N. The molecule has 0 bridgehead atoms. The maximum absolute atomic E-state index is 2.75. The van der Waals surface area contributed by atoms with Gasteiger partial charge in [0.1, 0.15) is 0 Å². The summed E-state index contributed by atoms with van der Waals surface area (Å²) >= 11 is 0. The fourth-order valence-corrected chi connectivity index (χ4v) is 9.23. The van der Waals surface area contributed by atoms with Gasteiger partial charge in [0.15, 0.2) is 0 Å². The van der Waals surface area contributed by atoms with E-state index in [1.165, 1.54) is 71.2 Å². The van der Waals surface area contributed by atoms with Gasteiger partial charge in [0.2, 0.25) is 0 Å². The van der Waals surface area contributed by atoms with Gasteiger partial charge in [-0.2, -0.15) is 0 Å². The van der Waals surface area contributed by atoms with Gasteiger partial charge in [0, 0.05) is 27.7 Å². The van der Waals surface area contributed by atoms with Crippen LogP contribution < -0.4 is 0 Å². The molecule has 3 aliphatic carbocycles. The smallest absolute Gasteiger partial charge is 0.0583 e. The van der Waals surface area contributed by atoms with Crippen LogP contribution in [0, 0.1) is 17.3 Å². The van der Waals surface area contributed by atoms with E-state index < -0.39 is 0 Å². The highest BCUT2D eigenvalue weighted by Gasteiger charge is 2.43. The van der Waals surface area contributed by atoms with E-state index in [0.717, 1.165) is 12.8 Å². The quantitative estimate of drug-likeness (QED) is 0.179. The Morgan fingerprint density at radius 2 is 1.42 bits per heavy atom. The van der Waals surface area contributed by atoms with Gasteiger partial charge in [-0.05, 0) is 86.2 Å². The maximum atomic E-state index is 2.75. The lowest BCUT2D eigenvalue weighted by molar-refractivity contribution is 0.133. The lowest BCUT2D eigenvalue weighted by Crippen LogP contribution is -2.39. The number of hydrogen-bond acceptors (Lipinski definition) is 0. The molecule has 0 amide bonds. The van der Waals surface area contributed by atoms with Crippen molar-refractivity contribution in [2.24, 2.45) is 17.3 Å². The Morgan fingerprint density at radius 1 is 0.711 bits per heavy atom. The van der Waals surface area contributed by atoms with Crippen molar-refractivity contribution >= 4 is 43.4 Å². The van der Waals surface area contributed by atoms with Gasteiger partial charge >= 0.3 is 0 Å². The monoisotopic (exact) mass is 583 g/mol. The number of aromatic nitrogens is 1. The Morgan fingerprint density at radius 3 is 2.22 bits per heavy atom. The third kappa shape index (κ3) is 3.62. The van der Waals surface area contributed by atoms with Crippen LogP contribution in [-0.2, 0) is 5.41 Å². The molecule has 0 aliphatic heterocycles. The van der Waals surface area contributed by atoms with Crippen molar-refractivity contribution in [3.63, 3.8) is 0 Å². The zero-order valence-electron chi connectivity index (χ0n) is 27.1. The van der Waals surface area contributed by atoms with E-state index in [9.17, 15) is 0 Å². The second-order valence-corrected chi connectivity index (χ2v) is 15.0. The number of hydrogen-bond donors (Lipinski definition) is 0. The van der Waals surface area contributed by atoms with Gasteiger partial charge in [-0.25, -0.2) is 0 Å². The average molecular weight is 584 g/mol. The summed E-state index contributed by atoms with van der Waals surface area (Å²) in [6, 6.07) is 32.7. The van der Waals surface area contributed by atoms with Gasteiger partial charge < -0.3 is 4.57 Å². The summed E-state index contributed by atoms with van der Waals surface area (Å²) in [5.41, 5.74) is 9.87. The molecule has 0 radical (unpaired) electrons. The first-order valence-electron chi connectivity index (χ1n) is 16.8. The highest BCUT2D eigenvalue weighted by atomic mass is 15.0. The number of rotatable bonds is 2. The molecule has 1 heterocycles. The van der Waals surface area contributed by atoms with Crippen LogP contribution in [0.3, 0.4) is 0 Å². The molecule has 6 aromatic rings. The Labute approximate surface area is 266 Å². The fraction of sp³-hybridized carbons (Fsp3) is 0.273. The predicted octanol–water partition coefficient (Wildman–Crippen LogP) is 12.1. The Bertz CT molecular complexity index is 2300. The van der Waals surface area contributed by atoms with E-state index in [1.54, 1.807) is 0 Å². The summed E-state index contributed by atoms with van der Waals surface area (Å²) in [5, 5.41) is 8.09. The molecule has 0 saturated heterocycles. The molecule has 1 aromatic heterocycles. The second kappa shape index (κ2) is 9.33. The topological polar surface area (TPSA) is 4.93 Å². The first kappa shape index (κ1) is 27.0. The molecule has 0 N–H and O–H groups in total. The summed E-state index contributed by atoms with van der Waals surface area (Å²) in [4.78, 5) is 0. The minimum Gasteiger partial charge on any atom is -0.333 e. The van der Waals surface area contributed by atoms with Crippen LogP contribution in [-0.4, -0.2) is 4.57 Å². The van der Waals surface area contributed by atoms with Crippen LogP contribution in [0.15, 0.2) is 121 Å². The zero-order chi connectivity index (χ0) is 30.7. The molecule has 9 rings (SSSR count). The first-order valence-corrected chi connectivity index (χ1v) is 16.8. The number of allylic oxidation sites excluding steroid dienone is 6. The predicted molar refractivity (Wildman–Crippen MR) is 193 cm³/mol. The van der Waals surface area contributed by atoms with Crippen molar-refractivity contribution in [3.8, 4) is 11.1 Å². The Kier molecular flexibility index (Phi) is 5.60. The molecule has 45 heavy (non-hydrogen) atoms. The third-order valence-electron chi connectivity index (χ3n) is 12.0. The van der Waals surface area contributed by atoms with Crippen LogP contribution in [0.5, 0.6) is 0 Å². The number of nitrogens with zero attached hydrogens (tertiary/aromatic N) is 1. The van der Waals surface area contributed by atoms with E-state index in [2.05, 4.69) is 154 Å². The van der Waals surface area contributed by atoms with Crippen molar-refractivity contribution in [3.05, 3.63) is 132 Å². The SMILES string of the molecule is CC1C(n2c3cc4ccccc4cc3c3cc4cccc5c4c(c32)-c2ccccc2C5(C)C)C=CC(C2=CCCC=C2)C1(C)C. The average Bonchev–Trinajstić information content (AvgIpc) is 3.36. The van der Waals surface area contributed by atoms with Gasteiger partial charge in [0.05, 0.1) is 17.1 Å². The minimum atomic E-state index is -0.0726. The van der Waals surface area contributed by atoms with Gasteiger partial charge in [-0.1, -0.05) is 132 Å². The van der Waals surface area contributed by atoms with Gasteiger partial charge in [0.25, 0.3) is 0 Å². The molecule has 222 valence electrons. The highest BCUT2D eigenvalue weighted by Crippen LogP contribution is 2.55. The minimum absolute atomic E-state index is 0.0726. The standard InChI is InChI=1S/C44H41N/c1-27-38(23-22-35(43(27,2)3)28-14-7-6-8-15-28)45-39-26-30-17-10-9-16-29(30)24-33(39)34-25-31-18-13-21-37-40(31)41(42(34)45)32-19-11-12-20-36(32)44(37,4)5/h7,9-27,35,38H,6,8H2,1-5H3. The van der Waals surface area contributed by atoms with Crippen molar-refractivity contribution in [2.45, 2.75) is 58.9 Å². The molecule has 1 nitrogen and oxygen atoms in total. The fourth-order valence-electron chi connectivity index (χ4n) is 9.23. The summed E-state index contributed by atoms with van der Waals surface area (Å²) in [5.74, 6) is 0.837. The molecular weight excluding hydrogens is 542 g/mol. The zero-order valence-corrected chi connectivity index (χ0v) is 27.1. The van der Waals surface area contributed by atoms with Gasteiger partial charge in [-0.15, -0.1) is 0 Å². The van der Waals surface area contributed by atoms with Crippen molar-refractivity contribution in [1.82, 2.24) is 4.57 Å². The van der Waals surface area contributed by atoms with E-state index in [4.69, 9.17) is 0 Å². The maximum Gasteiger partial charge on any atom is 0.0583 e. The second-order valence-electron chi connectivity index (χ2n) is 15.0. The molecule has 0 spiro atoms. The molecule has 3 atom stereocenters. The van der Waals surface area contributed by atoms with E-state index >= 15 is 0 Å².